The monoisotopic (exact) mass is 238 g/mol. The second kappa shape index (κ2) is 6.39. The molecule has 5 heteroatoms. The lowest BCUT2D eigenvalue weighted by Gasteiger charge is -2.14. The van der Waals surface area contributed by atoms with Crippen molar-refractivity contribution >= 4 is 5.91 Å². The van der Waals surface area contributed by atoms with Gasteiger partial charge >= 0.3 is 0 Å². The minimum Gasteiger partial charge on any atom is -0.355 e. The van der Waals surface area contributed by atoms with Crippen LogP contribution in [-0.4, -0.2) is 28.8 Å². The third kappa shape index (κ3) is 4.56. The number of carbonyl (C=O) groups excluding carboxylic acids is 1. The number of aromatic nitrogens is 2. The maximum atomic E-state index is 11.5. The summed E-state index contributed by atoms with van der Waals surface area (Å²) in [4.78, 5) is 11.5. The van der Waals surface area contributed by atoms with E-state index >= 15 is 0 Å². The fourth-order valence-corrected chi connectivity index (χ4v) is 1.54. The quantitative estimate of drug-likeness (QED) is 0.772. The van der Waals surface area contributed by atoms with Crippen molar-refractivity contribution in [2.24, 2.45) is 13.0 Å². The summed E-state index contributed by atoms with van der Waals surface area (Å²) in [7, 11) is 1.90. The van der Waals surface area contributed by atoms with Gasteiger partial charge in [0.1, 0.15) is 0 Å². The molecule has 0 saturated heterocycles. The van der Waals surface area contributed by atoms with Crippen LogP contribution in [0.5, 0.6) is 0 Å². The number of nitrogens with one attached hydrogen (secondary N) is 2. The van der Waals surface area contributed by atoms with E-state index in [4.69, 9.17) is 0 Å². The van der Waals surface area contributed by atoms with Crippen LogP contribution >= 0.6 is 0 Å². The van der Waals surface area contributed by atoms with Gasteiger partial charge in [0.25, 0.3) is 0 Å². The molecule has 1 atom stereocenters. The molecule has 5 nitrogen and oxygen atoms in total. The van der Waals surface area contributed by atoms with E-state index in [1.165, 1.54) is 0 Å². The molecule has 0 saturated carbocycles. The zero-order valence-electron chi connectivity index (χ0n) is 11.0. The first-order valence-electron chi connectivity index (χ1n) is 5.98. The van der Waals surface area contributed by atoms with E-state index < -0.39 is 0 Å². The highest BCUT2D eigenvalue weighted by Crippen LogP contribution is 2.09. The highest BCUT2D eigenvalue weighted by Gasteiger charge is 2.10. The lowest BCUT2D eigenvalue weighted by atomic mass is 10.2. The minimum atomic E-state index is 0.0349. The Labute approximate surface area is 103 Å². The Morgan fingerprint density at radius 3 is 2.71 bits per heavy atom. The summed E-state index contributed by atoms with van der Waals surface area (Å²) in [5.74, 6) is 0.515. The van der Waals surface area contributed by atoms with Crippen LogP contribution in [0.25, 0.3) is 0 Å². The van der Waals surface area contributed by atoms with E-state index in [0.29, 0.717) is 12.5 Å². The van der Waals surface area contributed by atoms with Gasteiger partial charge in [0, 0.05) is 25.8 Å². The van der Waals surface area contributed by atoms with Gasteiger partial charge in [0.05, 0.1) is 12.2 Å². The number of hydrogen-bond donors (Lipinski definition) is 2. The minimum absolute atomic E-state index is 0.0349. The maximum Gasteiger partial charge on any atom is 0.233 e. The van der Waals surface area contributed by atoms with Gasteiger partial charge in [-0.05, 0) is 18.9 Å². The summed E-state index contributed by atoms with van der Waals surface area (Å²) in [6.07, 6.45) is 1.76. The Bertz CT molecular complexity index is 359. The molecule has 0 aliphatic heterocycles. The van der Waals surface area contributed by atoms with Crippen LogP contribution in [-0.2, 0) is 11.8 Å². The van der Waals surface area contributed by atoms with Crippen LogP contribution in [0.2, 0.25) is 0 Å². The number of nitrogens with zero attached hydrogens (tertiary/aromatic N) is 2. The van der Waals surface area contributed by atoms with E-state index in [2.05, 4.69) is 29.6 Å². The van der Waals surface area contributed by atoms with Crippen LogP contribution < -0.4 is 10.6 Å². The van der Waals surface area contributed by atoms with Crippen LogP contribution in [0.15, 0.2) is 12.3 Å². The van der Waals surface area contributed by atoms with Gasteiger partial charge in [-0.3, -0.25) is 9.48 Å². The summed E-state index contributed by atoms with van der Waals surface area (Å²) in [6.45, 7) is 7.23. The van der Waals surface area contributed by atoms with Crippen molar-refractivity contribution in [3.8, 4) is 0 Å². The summed E-state index contributed by atoms with van der Waals surface area (Å²) < 4.78 is 1.81. The van der Waals surface area contributed by atoms with Crippen LogP contribution in [0.1, 0.15) is 32.5 Å². The Morgan fingerprint density at radius 1 is 1.47 bits per heavy atom. The first-order valence-corrected chi connectivity index (χ1v) is 5.98. The molecule has 1 amide bonds. The molecule has 0 spiro atoms. The zero-order valence-corrected chi connectivity index (χ0v) is 11.0. The van der Waals surface area contributed by atoms with E-state index in [1.54, 1.807) is 6.20 Å². The number of aryl methyl sites for hydroxylation is 1. The molecule has 17 heavy (non-hydrogen) atoms. The number of carbonyl (C=O) groups is 1. The SMILES string of the molecule is CC(C)CNC(=O)CNC(C)c1ccnn1C. The van der Waals surface area contributed by atoms with Crippen LogP contribution in [0, 0.1) is 5.92 Å². The molecule has 0 fully saturated rings. The molecule has 1 aromatic rings. The van der Waals surface area contributed by atoms with E-state index in [0.717, 1.165) is 12.2 Å². The molecular formula is C12H22N4O. The van der Waals surface area contributed by atoms with Gasteiger partial charge < -0.3 is 10.6 Å². The van der Waals surface area contributed by atoms with Crippen molar-refractivity contribution in [3.63, 3.8) is 0 Å². The van der Waals surface area contributed by atoms with Gasteiger partial charge in [-0.1, -0.05) is 13.8 Å². The molecule has 2 N–H and O–H groups in total. The van der Waals surface area contributed by atoms with Crippen LogP contribution in [0.3, 0.4) is 0 Å². The summed E-state index contributed by atoms with van der Waals surface area (Å²) >= 11 is 0. The van der Waals surface area contributed by atoms with E-state index in [9.17, 15) is 4.79 Å². The van der Waals surface area contributed by atoms with Crippen molar-refractivity contribution in [2.75, 3.05) is 13.1 Å². The normalized spacial score (nSPS) is 12.8. The Morgan fingerprint density at radius 2 is 2.18 bits per heavy atom. The van der Waals surface area contributed by atoms with Crippen LogP contribution in [0.4, 0.5) is 0 Å². The predicted molar refractivity (Wildman–Crippen MR) is 67.5 cm³/mol. The van der Waals surface area contributed by atoms with Gasteiger partial charge in [-0.15, -0.1) is 0 Å². The fraction of sp³-hybridized carbons (Fsp3) is 0.667. The highest BCUT2D eigenvalue weighted by atomic mass is 16.1. The largest absolute Gasteiger partial charge is 0.355 e. The number of amides is 1. The van der Waals surface area contributed by atoms with Crippen molar-refractivity contribution in [3.05, 3.63) is 18.0 Å². The molecule has 1 rings (SSSR count). The Hall–Kier alpha value is -1.36. The molecule has 1 unspecified atom stereocenters. The topological polar surface area (TPSA) is 59.0 Å². The first kappa shape index (κ1) is 13.7. The van der Waals surface area contributed by atoms with Gasteiger partial charge in [0.15, 0.2) is 0 Å². The van der Waals surface area contributed by atoms with Crippen molar-refractivity contribution in [2.45, 2.75) is 26.8 Å². The smallest absolute Gasteiger partial charge is 0.233 e. The molecule has 0 bridgehead atoms. The van der Waals surface area contributed by atoms with Crippen molar-refractivity contribution in [1.82, 2.24) is 20.4 Å². The summed E-state index contributed by atoms with van der Waals surface area (Å²) in [6, 6.07) is 2.07. The van der Waals surface area contributed by atoms with Gasteiger partial charge in [-0.2, -0.15) is 5.10 Å². The fourth-order valence-electron chi connectivity index (χ4n) is 1.54. The highest BCUT2D eigenvalue weighted by molar-refractivity contribution is 5.78. The lowest BCUT2D eigenvalue weighted by molar-refractivity contribution is -0.120. The third-order valence-corrected chi connectivity index (χ3v) is 2.58. The maximum absolute atomic E-state index is 11.5. The average Bonchev–Trinajstić information content (AvgIpc) is 2.69. The molecule has 0 aliphatic rings. The molecule has 1 heterocycles. The summed E-state index contributed by atoms with van der Waals surface area (Å²) in [5.41, 5.74) is 1.07. The lowest BCUT2D eigenvalue weighted by Crippen LogP contribution is -2.37. The number of hydrogen-bond acceptors (Lipinski definition) is 3. The predicted octanol–water partition coefficient (Wildman–Crippen LogP) is 0.843. The van der Waals surface area contributed by atoms with Gasteiger partial charge in [0.2, 0.25) is 5.91 Å². The Kier molecular flexibility index (Phi) is 5.15. The second-order valence-electron chi connectivity index (χ2n) is 4.68. The molecular weight excluding hydrogens is 216 g/mol. The van der Waals surface area contributed by atoms with E-state index in [-0.39, 0.29) is 11.9 Å². The van der Waals surface area contributed by atoms with Gasteiger partial charge in [-0.25, -0.2) is 0 Å². The van der Waals surface area contributed by atoms with E-state index in [1.807, 2.05) is 24.7 Å². The first-order chi connectivity index (χ1) is 8.00. The molecule has 0 aliphatic carbocycles. The number of rotatable bonds is 6. The van der Waals surface area contributed by atoms with Crippen molar-refractivity contribution < 1.29 is 4.79 Å². The third-order valence-electron chi connectivity index (χ3n) is 2.58. The molecule has 0 aromatic carbocycles. The average molecular weight is 238 g/mol. The molecule has 0 radical (unpaired) electrons. The van der Waals surface area contributed by atoms with Crippen molar-refractivity contribution in [1.29, 1.82) is 0 Å². The standard InChI is InChI=1S/C12H22N4O/c1-9(2)7-14-12(17)8-13-10(3)11-5-6-15-16(11)4/h5-6,9-10,13H,7-8H2,1-4H3,(H,14,17). The summed E-state index contributed by atoms with van der Waals surface area (Å²) in [5, 5.41) is 10.2. The zero-order chi connectivity index (χ0) is 12.8. The Balaban J connectivity index is 2.31. The second-order valence-corrected chi connectivity index (χ2v) is 4.68. The molecule has 1 aromatic heterocycles. The molecule has 96 valence electrons.